The van der Waals surface area contributed by atoms with Gasteiger partial charge in [0.25, 0.3) is 11.8 Å². The Morgan fingerprint density at radius 1 is 1.00 bits per heavy atom. The van der Waals surface area contributed by atoms with Crippen LogP contribution in [0.5, 0.6) is 0 Å². The number of halogens is 1. The maximum absolute atomic E-state index is 15.9. The quantitative estimate of drug-likeness (QED) is 0.0683. The van der Waals surface area contributed by atoms with Gasteiger partial charge in [-0.3, -0.25) is 14.5 Å². The summed E-state index contributed by atoms with van der Waals surface area (Å²) in [5.74, 6) is -7.11. The Kier molecular flexibility index (Phi) is 11.5. The Hall–Kier alpha value is -3.01. The zero-order valence-corrected chi connectivity index (χ0v) is 30.4. The molecule has 0 radical (unpaired) electrons. The van der Waals surface area contributed by atoms with E-state index in [0.717, 1.165) is 6.07 Å². The molecule has 0 bridgehead atoms. The van der Waals surface area contributed by atoms with E-state index in [4.69, 9.17) is 4.74 Å². The van der Waals surface area contributed by atoms with Crippen molar-refractivity contribution in [1.82, 2.24) is 15.1 Å². The summed E-state index contributed by atoms with van der Waals surface area (Å²) in [6.45, 7) is 5.64. The number of anilines is 1. The highest BCUT2D eigenvalue weighted by atomic mass is 19.1. The molecule has 1 saturated heterocycles. The Morgan fingerprint density at radius 3 is 2.06 bits per heavy atom. The summed E-state index contributed by atoms with van der Waals surface area (Å²) in [6.07, 6.45) is 0.269. The van der Waals surface area contributed by atoms with Gasteiger partial charge in [0, 0.05) is 36.7 Å². The van der Waals surface area contributed by atoms with Gasteiger partial charge in [-0.25, -0.2) is 9.29 Å². The molecule has 3 rings (SSSR count). The van der Waals surface area contributed by atoms with Crippen LogP contribution in [0, 0.1) is 12.7 Å². The fourth-order valence-electron chi connectivity index (χ4n) is 6.79. The maximum Gasteiger partial charge on any atom is 0.279 e. The van der Waals surface area contributed by atoms with Crippen molar-refractivity contribution in [3.63, 3.8) is 0 Å². The number of morpholine rings is 1. The number of aldehydes is 1. The van der Waals surface area contributed by atoms with E-state index in [2.05, 4.69) is 10.6 Å². The second-order valence-corrected chi connectivity index (χ2v) is 15.0. The van der Waals surface area contributed by atoms with Crippen molar-refractivity contribution in [3.05, 3.63) is 64.5 Å². The topological polar surface area (TPSA) is 172 Å². The first-order valence-corrected chi connectivity index (χ1v) is 16.3. The third-order valence-corrected chi connectivity index (χ3v) is 10.7. The third-order valence-electron chi connectivity index (χ3n) is 10.7. The lowest BCUT2D eigenvalue weighted by Gasteiger charge is -2.57. The summed E-state index contributed by atoms with van der Waals surface area (Å²) in [7, 11) is 12.3. The van der Waals surface area contributed by atoms with Crippen LogP contribution in [0.1, 0.15) is 36.1 Å². The first kappa shape index (κ1) is 40.4. The number of benzene rings is 2. The molecule has 20 heteroatoms. The van der Waals surface area contributed by atoms with Gasteiger partial charge in [0.05, 0.1) is 23.2 Å². The SMILES string of the molecule is BC(B)(Nc1cccc(C)c1C(O)(O)N(C=O)C(B)(C(=O)NC)C(B)(B)C(B)(B)C=O)c1ccc(C(O)(O)N2CC(C)OC(C)C2)cc1F. The van der Waals surface area contributed by atoms with Crippen molar-refractivity contribution in [2.24, 2.45) is 0 Å². The van der Waals surface area contributed by atoms with Crippen molar-refractivity contribution in [3.8, 4) is 0 Å². The van der Waals surface area contributed by atoms with Crippen LogP contribution < -0.4 is 10.6 Å². The fraction of sp³-hybridized carbons (Fsp3) is 0.483. The number of rotatable bonds is 13. The van der Waals surface area contributed by atoms with Gasteiger partial charge in [-0.15, -0.1) is 0 Å². The molecule has 49 heavy (non-hydrogen) atoms. The molecule has 0 aromatic heterocycles. The first-order chi connectivity index (χ1) is 22.4. The molecular weight excluding hydrogens is 627 g/mol. The Balaban J connectivity index is 2.12. The predicted octanol–water partition coefficient (Wildman–Crippen LogP) is -6.58. The largest absolute Gasteiger partial charge is 0.391 e. The number of amides is 2. The van der Waals surface area contributed by atoms with Crippen molar-refractivity contribution in [2.45, 2.75) is 66.0 Å². The lowest BCUT2D eigenvalue weighted by atomic mass is 9.22. The minimum Gasteiger partial charge on any atom is -0.391 e. The normalized spacial score (nSPS) is 19.4. The first-order valence-electron chi connectivity index (χ1n) is 16.3. The Labute approximate surface area is 293 Å². The van der Waals surface area contributed by atoms with Gasteiger partial charge < -0.3 is 40.6 Å². The van der Waals surface area contributed by atoms with Gasteiger partial charge in [-0.05, 0) is 49.2 Å². The van der Waals surface area contributed by atoms with Crippen molar-refractivity contribution in [1.29, 1.82) is 0 Å². The Bertz CT molecular complexity index is 1580. The fourth-order valence-corrected chi connectivity index (χ4v) is 6.79. The lowest BCUT2D eigenvalue weighted by Crippen LogP contribution is -2.73. The van der Waals surface area contributed by atoms with E-state index in [1.165, 1.54) is 38.0 Å². The van der Waals surface area contributed by atoms with Gasteiger partial charge in [0.1, 0.15) is 67.0 Å². The molecule has 0 spiro atoms. The van der Waals surface area contributed by atoms with Gasteiger partial charge in [0.15, 0.2) is 0 Å². The molecule has 2 aromatic carbocycles. The highest BCUT2D eigenvalue weighted by molar-refractivity contribution is 6.63. The molecular formula is C29H46B7FN4O8. The van der Waals surface area contributed by atoms with Crippen LogP contribution in [-0.2, 0) is 36.3 Å². The summed E-state index contributed by atoms with van der Waals surface area (Å²) in [5.41, 5.74) is -1.75. The zero-order chi connectivity index (χ0) is 37.5. The minimum atomic E-state index is -3.13. The highest BCUT2D eigenvalue weighted by Crippen LogP contribution is 2.52. The molecule has 3 atom stereocenters. The van der Waals surface area contributed by atoms with Crippen LogP contribution in [0.25, 0.3) is 0 Å². The molecule has 12 nitrogen and oxygen atoms in total. The number of hydrogen-bond donors (Lipinski definition) is 6. The molecule has 1 aliphatic heterocycles. The molecule has 1 aliphatic rings. The van der Waals surface area contributed by atoms with E-state index in [-0.39, 0.29) is 54.1 Å². The number of aliphatic hydroxyl groups is 4. The van der Waals surface area contributed by atoms with Crippen molar-refractivity contribution >= 4 is 79.2 Å². The molecule has 6 N–H and O–H groups in total. The predicted molar refractivity (Wildman–Crippen MR) is 203 cm³/mol. The summed E-state index contributed by atoms with van der Waals surface area (Å²) >= 11 is 0. The average Bonchev–Trinajstić information content (AvgIpc) is 2.99. The molecule has 3 unspecified atom stereocenters. The average molecular weight is 673 g/mol. The number of carbonyl (C=O) groups excluding carboxylic acids is 3. The van der Waals surface area contributed by atoms with Gasteiger partial charge in [-0.2, -0.15) is 0 Å². The Morgan fingerprint density at radius 2 is 1.57 bits per heavy atom. The number of ether oxygens (including phenoxy) is 1. The number of carbonyl (C=O) groups is 3. The molecule has 2 amide bonds. The number of aryl methyl sites for hydroxylation is 1. The summed E-state index contributed by atoms with van der Waals surface area (Å²) < 4.78 is 21.6. The zero-order valence-electron chi connectivity index (χ0n) is 30.4. The minimum absolute atomic E-state index is 0.0807. The van der Waals surface area contributed by atoms with Crippen molar-refractivity contribution in [2.75, 3.05) is 25.5 Å². The number of likely N-dealkylation sites (N-methyl/N-ethyl adjacent to an activating group) is 1. The van der Waals surface area contributed by atoms with Crippen molar-refractivity contribution < 1.29 is 43.9 Å². The molecule has 2 aromatic rings. The van der Waals surface area contributed by atoms with Gasteiger partial charge >= 0.3 is 0 Å². The van der Waals surface area contributed by atoms with Crippen LogP contribution in [0.4, 0.5) is 10.1 Å². The second-order valence-electron chi connectivity index (χ2n) is 15.0. The van der Waals surface area contributed by atoms with E-state index in [9.17, 15) is 34.8 Å². The summed E-state index contributed by atoms with van der Waals surface area (Å²) in [4.78, 5) is 40.8. The van der Waals surface area contributed by atoms with E-state index >= 15 is 4.39 Å². The van der Waals surface area contributed by atoms with E-state index in [1.807, 2.05) is 13.8 Å². The van der Waals surface area contributed by atoms with E-state index < -0.39 is 44.7 Å². The molecule has 0 saturated carbocycles. The van der Waals surface area contributed by atoms with Gasteiger partial charge in [-0.1, -0.05) is 29.5 Å². The lowest BCUT2D eigenvalue weighted by molar-refractivity contribution is -0.298. The monoisotopic (exact) mass is 674 g/mol. The number of nitrogens with one attached hydrogen (secondary N) is 2. The summed E-state index contributed by atoms with van der Waals surface area (Å²) in [5, 5.41) is 48.0. The summed E-state index contributed by atoms with van der Waals surface area (Å²) in [6, 6.07) is 8.60. The second kappa shape index (κ2) is 14.0. The van der Waals surface area contributed by atoms with E-state index in [0.29, 0.717) is 16.7 Å². The smallest absolute Gasteiger partial charge is 0.279 e. The highest BCUT2D eigenvalue weighted by Gasteiger charge is 2.61. The van der Waals surface area contributed by atoms with Crippen LogP contribution >= 0.6 is 0 Å². The maximum atomic E-state index is 15.9. The van der Waals surface area contributed by atoms with Gasteiger partial charge in [0.2, 0.25) is 12.3 Å². The number of nitrogens with zero attached hydrogens (tertiary/aromatic N) is 2. The third kappa shape index (κ3) is 7.13. The standard InChI is InChI=1S/C29H46B7FN4O8/c1-15-6-5-7-21(22(15)28(47,48)41(14-43)25(32,23(44)38-4)29(35,36)24(30,31)13-42)39-26(33,34)19-9-8-18(10-20(19)37)27(45,46)40-11-16(2)49-17(3)12-40/h5-10,13-14,16-17,39,45-48H,11-12,30-36H2,1-4H3,(H,38,44). The van der Waals surface area contributed by atoms with E-state index in [1.54, 1.807) is 66.1 Å². The molecule has 1 heterocycles. The molecule has 1 fully saturated rings. The van der Waals surface area contributed by atoms with Crippen LogP contribution in [-0.4, -0.2) is 142 Å². The molecule has 0 aliphatic carbocycles. The van der Waals surface area contributed by atoms with Crippen LogP contribution in [0.15, 0.2) is 36.4 Å². The van der Waals surface area contributed by atoms with Crippen LogP contribution in [0.3, 0.4) is 0 Å². The molecule has 258 valence electrons. The number of hydrogen-bond acceptors (Lipinski definition) is 10. The van der Waals surface area contributed by atoms with Crippen LogP contribution in [0.2, 0.25) is 10.4 Å².